The summed E-state index contributed by atoms with van der Waals surface area (Å²) in [6.45, 7) is 10.4. The number of carbonyl (C=O) groups is 1. The minimum Gasteiger partial charge on any atom is -0.454 e. The molecule has 0 N–H and O–H groups in total. The Morgan fingerprint density at radius 2 is 2.00 bits per heavy atom. The largest absolute Gasteiger partial charge is 0.454 e. The minimum atomic E-state index is -0.290. The maximum absolute atomic E-state index is 11.9. The zero-order valence-corrected chi connectivity index (χ0v) is 10.5. The SMILES string of the molecule is C=C1CCC[C@H]2C(=C)C(=O)O[C@]23[C@H](C)CC[C@H]13. The first-order valence-electron chi connectivity index (χ1n) is 6.67. The van der Waals surface area contributed by atoms with Gasteiger partial charge in [0.25, 0.3) is 0 Å². The van der Waals surface area contributed by atoms with Crippen molar-refractivity contribution in [3.05, 3.63) is 24.3 Å². The van der Waals surface area contributed by atoms with Crippen molar-refractivity contribution in [1.82, 2.24) is 0 Å². The second kappa shape index (κ2) is 3.47. The number of ether oxygens (including phenoxy) is 1. The third kappa shape index (κ3) is 1.24. The lowest BCUT2D eigenvalue weighted by Crippen LogP contribution is -2.44. The summed E-state index contributed by atoms with van der Waals surface area (Å²) in [7, 11) is 0. The lowest BCUT2D eigenvalue weighted by atomic mass is 9.72. The Labute approximate surface area is 103 Å². The molecule has 17 heavy (non-hydrogen) atoms. The van der Waals surface area contributed by atoms with Crippen LogP contribution in [0.15, 0.2) is 24.3 Å². The average molecular weight is 232 g/mol. The first kappa shape index (κ1) is 11.1. The van der Waals surface area contributed by atoms with Gasteiger partial charge < -0.3 is 4.74 Å². The van der Waals surface area contributed by atoms with Gasteiger partial charge in [-0.1, -0.05) is 25.7 Å². The second-order valence-corrected chi connectivity index (χ2v) is 5.90. The van der Waals surface area contributed by atoms with Gasteiger partial charge in [-0.2, -0.15) is 0 Å². The molecule has 1 spiro atoms. The topological polar surface area (TPSA) is 26.3 Å². The van der Waals surface area contributed by atoms with Crippen LogP contribution in [-0.2, 0) is 9.53 Å². The molecule has 2 heteroatoms. The van der Waals surface area contributed by atoms with Crippen molar-refractivity contribution in [3.63, 3.8) is 0 Å². The minimum absolute atomic E-state index is 0.163. The Morgan fingerprint density at radius 1 is 1.24 bits per heavy atom. The maximum Gasteiger partial charge on any atom is 0.334 e. The Morgan fingerprint density at radius 3 is 2.76 bits per heavy atom. The van der Waals surface area contributed by atoms with Gasteiger partial charge in [0.2, 0.25) is 0 Å². The summed E-state index contributed by atoms with van der Waals surface area (Å²) in [5.41, 5.74) is 1.71. The van der Waals surface area contributed by atoms with E-state index in [0.717, 1.165) is 32.1 Å². The molecule has 92 valence electrons. The van der Waals surface area contributed by atoms with E-state index in [2.05, 4.69) is 20.1 Å². The van der Waals surface area contributed by atoms with Crippen LogP contribution in [0.2, 0.25) is 0 Å². The molecule has 3 aliphatic rings. The highest BCUT2D eigenvalue weighted by molar-refractivity contribution is 5.91. The molecule has 0 aromatic rings. The molecule has 3 rings (SSSR count). The third-order valence-electron chi connectivity index (χ3n) is 5.18. The van der Waals surface area contributed by atoms with Crippen LogP contribution in [0.4, 0.5) is 0 Å². The highest BCUT2D eigenvalue weighted by Crippen LogP contribution is 2.59. The van der Waals surface area contributed by atoms with Crippen molar-refractivity contribution in [1.29, 1.82) is 0 Å². The van der Waals surface area contributed by atoms with Crippen LogP contribution in [0.3, 0.4) is 0 Å². The molecule has 0 amide bonds. The van der Waals surface area contributed by atoms with E-state index in [0.29, 0.717) is 17.4 Å². The second-order valence-electron chi connectivity index (χ2n) is 5.90. The van der Waals surface area contributed by atoms with Crippen LogP contribution in [0.25, 0.3) is 0 Å². The molecular formula is C15H20O2. The lowest BCUT2D eigenvalue weighted by molar-refractivity contribution is -0.154. The van der Waals surface area contributed by atoms with Crippen LogP contribution in [0.5, 0.6) is 0 Å². The van der Waals surface area contributed by atoms with E-state index in [4.69, 9.17) is 4.74 Å². The number of hydrogen-bond donors (Lipinski definition) is 0. The predicted molar refractivity (Wildman–Crippen MR) is 66.3 cm³/mol. The van der Waals surface area contributed by atoms with Gasteiger partial charge in [-0.05, 0) is 38.0 Å². The first-order chi connectivity index (χ1) is 8.07. The lowest BCUT2D eigenvalue weighted by Gasteiger charge is -2.37. The van der Waals surface area contributed by atoms with Crippen molar-refractivity contribution in [2.75, 3.05) is 0 Å². The summed E-state index contributed by atoms with van der Waals surface area (Å²) >= 11 is 0. The summed E-state index contributed by atoms with van der Waals surface area (Å²) in [6, 6.07) is 0. The molecule has 2 aliphatic carbocycles. The molecule has 2 saturated carbocycles. The van der Waals surface area contributed by atoms with E-state index < -0.39 is 0 Å². The molecule has 0 radical (unpaired) electrons. The molecule has 1 saturated heterocycles. The van der Waals surface area contributed by atoms with Crippen molar-refractivity contribution < 1.29 is 9.53 Å². The predicted octanol–water partition coefficient (Wildman–Crippen LogP) is 3.24. The molecule has 0 bridgehead atoms. The van der Waals surface area contributed by atoms with Crippen LogP contribution in [-0.4, -0.2) is 11.6 Å². The Hall–Kier alpha value is -1.05. The quantitative estimate of drug-likeness (QED) is 0.364. The van der Waals surface area contributed by atoms with Crippen LogP contribution < -0.4 is 0 Å². The van der Waals surface area contributed by atoms with Gasteiger partial charge in [0.05, 0.1) is 0 Å². The van der Waals surface area contributed by atoms with Crippen molar-refractivity contribution in [3.8, 4) is 0 Å². The fourth-order valence-corrected chi connectivity index (χ4v) is 4.31. The molecular weight excluding hydrogens is 212 g/mol. The summed E-state index contributed by atoms with van der Waals surface area (Å²) in [4.78, 5) is 11.9. The number of esters is 1. The van der Waals surface area contributed by atoms with Crippen LogP contribution in [0, 0.1) is 17.8 Å². The van der Waals surface area contributed by atoms with E-state index in [9.17, 15) is 4.79 Å². The molecule has 1 heterocycles. The summed E-state index contributed by atoms with van der Waals surface area (Å²) in [5.74, 6) is 0.879. The normalized spacial score (nSPS) is 45.2. The van der Waals surface area contributed by atoms with Crippen LogP contribution >= 0.6 is 0 Å². The molecule has 0 aromatic heterocycles. The molecule has 0 unspecified atom stereocenters. The van der Waals surface area contributed by atoms with Crippen LogP contribution in [0.1, 0.15) is 39.0 Å². The number of rotatable bonds is 0. The summed E-state index contributed by atoms with van der Waals surface area (Å²) in [6.07, 6.45) is 5.49. The van der Waals surface area contributed by atoms with E-state index in [1.54, 1.807) is 0 Å². The van der Waals surface area contributed by atoms with Gasteiger partial charge in [-0.15, -0.1) is 0 Å². The Kier molecular flexibility index (Phi) is 2.26. The number of carbonyl (C=O) groups excluding carboxylic acids is 1. The van der Waals surface area contributed by atoms with Gasteiger partial charge in [0.1, 0.15) is 5.60 Å². The van der Waals surface area contributed by atoms with E-state index in [1.165, 1.54) is 5.57 Å². The fraction of sp³-hybridized carbons (Fsp3) is 0.667. The standard InChI is InChI=1S/C15H20O2/c1-9-5-4-6-13-11(3)14(16)17-15(13)10(2)7-8-12(9)15/h10,12-13H,1,3-8H2,2H3/t10-,12-,13+,15+/m1/s1. The van der Waals surface area contributed by atoms with E-state index in [1.807, 2.05) is 0 Å². The van der Waals surface area contributed by atoms with Crippen molar-refractivity contribution in [2.24, 2.45) is 17.8 Å². The Balaban J connectivity index is 2.12. The zero-order chi connectivity index (χ0) is 12.2. The van der Waals surface area contributed by atoms with Gasteiger partial charge in [-0.25, -0.2) is 4.79 Å². The fourth-order valence-electron chi connectivity index (χ4n) is 4.31. The van der Waals surface area contributed by atoms with E-state index >= 15 is 0 Å². The Bertz CT molecular complexity index is 409. The van der Waals surface area contributed by atoms with Gasteiger partial charge in [-0.3, -0.25) is 0 Å². The highest BCUT2D eigenvalue weighted by atomic mass is 16.6. The molecule has 3 fully saturated rings. The van der Waals surface area contributed by atoms with Gasteiger partial charge in [0, 0.05) is 17.4 Å². The first-order valence-corrected chi connectivity index (χ1v) is 6.67. The van der Waals surface area contributed by atoms with Crippen molar-refractivity contribution in [2.45, 2.75) is 44.6 Å². The maximum atomic E-state index is 11.9. The average Bonchev–Trinajstić information content (AvgIpc) is 2.67. The zero-order valence-electron chi connectivity index (χ0n) is 10.5. The molecule has 0 aromatic carbocycles. The van der Waals surface area contributed by atoms with Crippen molar-refractivity contribution >= 4 is 5.97 Å². The monoisotopic (exact) mass is 232 g/mol. The van der Waals surface area contributed by atoms with E-state index in [-0.39, 0.29) is 17.5 Å². The molecule has 1 aliphatic heterocycles. The smallest absolute Gasteiger partial charge is 0.334 e. The van der Waals surface area contributed by atoms with Gasteiger partial charge in [0.15, 0.2) is 0 Å². The third-order valence-corrected chi connectivity index (χ3v) is 5.18. The number of hydrogen-bond acceptors (Lipinski definition) is 2. The molecule has 2 nitrogen and oxygen atoms in total. The van der Waals surface area contributed by atoms with Gasteiger partial charge >= 0.3 is 5.97 Å². The summed E-state index contributed by atoms with van der Waals surface area (Å²) in [5, 5.41) is 0. The molecule has 4 atom stereocenters. The highest BCUT2D eigenvalue weighted by Gasteiger charge is 2.62. The summed E-state index contributed by atoms with van der Waals surface area (Å²) < 4.78 is 5.85.